The Labute approximate surface area is 117 Å². The van der Waals surface area contributed by atoms with Crippen LogP contribution in [0.1, 0.15) is 25.8 Å². The molecule has 0 spiro atoms. The molecule has 0 aliphatic carbocycles. The van der Waals surface area contributed by atoms with Gasteiger partial charge in [-0.1, -0.05) is 37.6 Å². The first-order valence-electron chi connectivity index (χ1n) is 6.04. The van der Waals surface area contributed by atoms with Crippen molar-refractivity contribution in [2.75, 3.05) is 11.5 Å². The van der Waals surface area contributed by atoms with Crippen molar-refractivity contribution in [3.05, 3.63) is 34.6 Å². The van der Waals surface area contributed by atoms with Gasteiger partial charge in [-0.25, -0.2) is 4.39 Å². The second-order valence-electron chi connectivity index (χ2n) is 5.95. The Hall–Kier alpha value is -0.250. The van der Waals surface area contributed by atoms with Crippen LogP contribution in [0.2, 0.25) is 5.02 Å². The van der Waals surface area contributed by atoms with Crippen molar-refractivity contribution in [1.82, 2.24) is 0 Å². The molecule has 0 amide bonds. The van der Waals surface area contributed by atoms with Crippen molar-refractivity contribution in [1.29, 1.82) is 0 Å². The summed E-state index contributed by atoms with van der Waals surface area (Å²) >= 11 is 7.70. The van der Waals surface area contributed by atoms with E-state index in [0.29, 0.717) is 17.7 Å². The summed E-state index contributed by atoms with van der Waals surface area (Å²) in [5.74, 6) is 1.32. The second kappa shape index (κ2) is 5.03. The van der Waals surface area contributed by atoms with Crippen molar-refractivity contribution in [3.8, 4) is 0 Å². The van der Waals surface area contributed by atoms with Gasteiger partial charge in [0.05, 0.1) is 10.6 Å². The standard InChI is InChI=1S/C14H18ClFOS/c1-13(2)7-14(17,9-18-8-13)6-10-4-3-5-11(16)12(10)15/h3-5,17H,6-9H2,1-2H3. The molecule has 1 unspecified atom stereocenters. The van der Waals surface area contributed by atoms with Crippen molar-refractivity contribution in [3.63, 3.8) is 0 Å². The third-order valence-electron chi connectivity index (χ3n) is 3.22. The zero-order chi connectivity index (χ0) is 13.4. The van der Waals surface area contributed by atoms with Gasteiger partial charge in [-0.2, -0.15) is 11.8 Å². The van der Waals surface area contributed by atoms with Gasteiger partial charge in [0.1, 0.15) is 5.82 Å². The number of hydrogen-bond acceptors (Lipinski definition) is 2. The summed E-state index contributed by atoms with van der Waals surface area (Å²) in [5, 5.41) is 10.8. The SMILES string of the molecule is CC1(C)CSCC(O)(Cc2cccc(F)c2Cl)C1. The molecule has 1 nitrogen and oxygen atoms in total. The van der Waals surface area contributed by atoms with Gasteiger partial charge in [-0.3, -0.25) is 0 Å². The molecule has 0 aromatic heterocycles. The fourth-order valence-electron chi connectivity index (χ4n) is 2.66. The highest BCUT2D eigenvalue weighted by atomic mass is 35.5. The average molecular weight is 289 g/mol. The zero-order valence-corrected chi connectivity index (χ0v) is 12.2. The number of benzene rings is 1. The molecule has 1 aliphatic rings. The van der Waals surface area contributed by atoms with Crippen molar-refractivity contribution < 1.29 is 9.50 Å². The van der Waals surface area contributed by atoms with Crippen LogP contribution in [0.4, 0.5) is 4.39 Å². The van der Waals surface area contributed by atoms with Crippen molar-refractivity contribution in [2.24, 2.45) is 5.41 Å². The Kier molecular flexibility index (Phi) is 3.96. The van der Waals surface area contributed by atoms with Gasteiger partial charge in [-0.15, -0.1) is 0 Å². The number of thioether (sulfide) groups is 1. The smallest absolute Gasteiger partial charge is 0.142 e. The zero-order valence-electron chi connectivity index (χ0n) is 10.7. The predicted octanol–water partition coefficient (Wildman–Crippen LogP) is 3.92. The molecular weight excluding hydrogens is 271 g/mol. The lowest BCUT2D eigenvalue weighted by Gasteiger charge is -2.41. The van der Waals surface area contributed by atoms with Crippen molar-refractivity contribution >= 4 is 23.4 Å². The molecule has 0 radical (unpaired) electrons. The largest absolute Gasteiger partial charge is 0.389 e. The summed E-state index contributed by atoms with van der Waals surface area (Å²) in [6, 6.07) is 4.77. The monoisotopic (exact) mass is 288 g/mol. The summed E-state index contributed by atoms with van der Waals surface area (Å²) in [5.41, 5.74) is 0.0129. The van der Waals surface area contributed by atoms with E-state index in [1.807, 2.05) is 0 Å². The Balaban J connectivity index is 2.20. The molecule has 4 heteroatoms. The van der Waals surface area contributed by atoms with Crippen LogP contribution in [0.15, 0.2) is 18.2 Å². The predicted molar refractivity (Wildman–Crippen MR) is 75.8 cm³/mol. The number of hydrogen-bond donors (Lipinski definition) is 1. The average Bonchev–Trinajstić information content (AvgIpc) is 2.22. The molecule has 1 fully saturated rings. The maximum absolute atomic E-state index is 13.4. The molecule has 0 saturated carbocycles. The van der Waals surface area contributed by atoms with Crippen LogP contribution in [-0.4, -0.2) is 22.2 Å². The fourth-order valence-corrected chi connectivity index (χ4v) is 4.20. The molecule has 1 N–H and O–H groups in total. The molecule has 0 bridgehead atoms. The van der Waals surface area contributed by atoms with E-state index < -0.39 is 11.4 Å². The van der Waals surface area contributed by atoms with Gasteiger partial charge >= 0.3 is 0 Å². The number of aliphatic hydroxyl groups is 1. The summed E-state index contributed by atoms with van der Waals surface area (Å²) in [6.45, 7) is 4.30. The van der Waals surface area contributed by atoms with Crippen LogP contribution in [0.3, 0.4) is 0 Å². The van der Waals surface area contributed by atoms with Gasteiger partial charge in [-0.05, 0) is 29.2 Å². The van der Waals surface area contributed by atoms with Crippen LogP contribution in [0.25, 0.3) is 0 Å². The fraction of sp³-hybridized carbons (Fsp3) is 0.571. The van der Waals surface area contributed by atoms with E-state index in [9.17, 15) is 9.50 Å². The van der Waals surface area contributed by atoms with Crippen LogP contribution < -0.4 is 0 Å². The number of halogens is 2. The van der Waals surface area contributed by atoms with Crippen LogP contribution in [-0.2, 0) is 6.42 Å². The Morgan fingerprint density at radius 1 is 1.39 bits per heavy atom. The highest BCUT2D eigenvalue weighted by Crippen LogP contribution is 2.41. The molecule has 1 aliphatic heterocycles. The van der Waals surface area contributed by atoms with Gasteiger partial charge in [0, 0.05) is 12.2 Å². The van der Waals surface area contributed by atoms with E-state index in [1.165, 1.54) is 6.07 Å². The van der Waals surface area contributed by atoms with E-state index in [1.54, 1.807) is 23.9 Å². The summed E-state index contributed by atoms with van der Waals surface area (Å²) in [6.07, 6.45) is 1.14. The molecule has 1 atom stereocenters. The molecule has 1 saturated heterocycles. The third kappa shape index (κ3) is 3.19. The minimum absolute atomic E-state index is 0.109. The maximum atomic E-state index is 13.4. The van der Waals surface area contributed by atoms with E-state index in [0.717, 1.165) is 12.2 Å². The molecule has 1 aromatic carbocycles. The minimum atomic E-state index is -0.788. The lowest BCUT2D eigenvalue weighted by atomic mass is 9.79. The van der Waals surface area contributed by atoms with Gasteiger partial charge < -0.3 is 5.11 Å². The summed E-state index contributed by atoms with van der Waals surface area (Å²) in [4.78, 5) is 0. The van der Waals surface area contributed by atoms with Gasteiger partial charge in [0.15, 0.2) is 0 Å². The molecule has 1 heterocycles. The Bertz CT molecular complexity index is 449. The first kappa shape index (κ1) is 14.2. The molecule has 18 heavy (non-hydrogen) atoms. The van der Waals surface area contributed by atoms with Gasteiger partial charge in [0.2, 0.25) is 0 Å². The van der Waals surface area contributed by atoms with E-state index in [2.05, 4.69) is 13.8 Å². The first-order valence-corrected chi connectivity index (χ1v) is 7.58. The topological polar surface area (TPSA) is 20.2 Å². The second-order valence-corrected chi connectivity index (χ2v) is 7.31. The highest BCUT2D eigenvalue weighted by Gasteiger charge is 2.39. The number of rotatable bonds is 2. The lowest BCUT2D eigenvalue weighted by Crippen LogP contribution is -2.44. The Morgan fingerprint density at radius 3 is 2.78 bits per heavy atom. The summed E-state index contributed by atoms with van der Waals surface area (Å²) in [7, 11) is 0. The quantitative estimate of drug-likeness (QED) is 0.890. The van der Waals surface area contributed by atoms with E-state index in [-0.39, 0.29) is 10.4 Å². The van der Waals surface area contributed by atoms with E-state index >= 15 is 0 Å². The third-order valence-corrected chi connectivity index (χ3v) is 5.37. The van der Waals surface area contributed by atoms with Crippen molar-refractivity contribution in [2.45, 2.75) is 32.3 Å². The summed E-state index contributed by atoms with van der Waals surface area (Å²) < 4.78 is 13.4. The van der Waals surface area contributed by atoms with Crippen LogP contribution in [0.5, 0.6) is 0 Å². The first-order chi connectivity index (χ1) is 8.31. The minimum Gasteiger partial charge on any atom is -0.389 e. The lowest BCUT2D eigenvalue weighted by molar-refractivity contribution is 0.0200. The normalized spacial score (nSPS) is 27.2. The van der Waals surface area contributed by atoms with Crippen LogP contribution >= 0.6 is 23.4 Å². The highest BCUT2D eigenvalue weighted by molar-refractivity contribution is 7.99. The molecule has 100 valence electrons. The molecular formula is C14H18ClFOS. The Morgan fingerprint density at radius 2 is 2.11 bits per heavy atom. The van der Waals surface area contributed by atoms with Crippen LogP contribution in [0, 0.1) is 11.2 Å². The van der Waals surface area contributed by atoms with E-state index in [4.69, 9.17) is 11.6 Å². The molecule has 2 rings (SSSR count). The maximum Gasteiger partial charge on any atom is 0.142 e. The van der Waals surface area contributed by atoms with Gasteiger partial charge in [0.25, 0.3) is 0 Å². The molecule has 1 aromatic rings.